The number of para-hydroxylation sites is 1. The maximum atomic E-state index is 11.7. The van der Waals surface area contributed by atoms with Crippen LogP contribution < -0.4 is 10.6 Å². The molecule has 1 fully saturated rings. The monoisotopic (exact) mass is 248 g/mol. The van der Waals surface area contributed by atoms with E-state index in [2.05, 4.69) is 10.6 Å². The average Bonchev–Trinajstić information content (AvgIpc) is 2.87. The van der Waals surface area contributed by atoms with E-state index in [9.17, 15) is 9.90 Å². The Kier molecular flexibility index (Phi) is 4.20. The highest BCUT2D eigenvalue weighted by molar-refractivity contribution is 5.89. The van der Waals surface area contributed by atoms with Gasteiger partial charge in [-0.15, -0.1) is 0 Å². The lowest BCUT2D eigenvalue weighted by Crippen LogP contribution is -2.40. The lowest BCUT2D eigenvalue weighted by atomic mass is 9.87. The zero-order chi connectivity index (χ0) is 12.8. The molecule has 1 aliphatic carbocycles. The van der Waals surface area contributed by atoms with Crippen LogP contribution in [0.15, 0.2) is 30.3 Å². The Morgan fingerprint density at radius 3 is 2.50 bits per heavy atom. The van der Waals surface area contributed by atoms with E-state index in [-0.39, 0.29) is 18.1 Å². The van der Waals surface area contributed by atoms with Crippen LogP contribution in [0.25, 0.3) is 0 Å². The Morgan fingerprint density at radius 1 is 1.22 bits per heavy atom. The molecule has 2 amide bonds. The van der Waals surface area contributed by atoms with Crippen LogP contribution >= 0.6 is 0 Å². The summed E-state index contributed by atoms with van der Waals surface area (Å²) in [4.78, 5) is 11.7. The summed E-state index contributed by atoms with van der Waals surface area (Å²) in [7, 11) is 0. The number of nitrogens with one attached hydrogen (secondary N) is 2. The molecule has 2 rings (SSSR count). The molecule has 0 atom stereocenters. The van der Waals surface area contributed by atoms with Gasteiger partial charge in [-0.2, -0.15) is 0 Å². The lowest BCUT2D eigenvalue weighted by molar-refractivity contribution is 0.130. The highest BCUT2D eigenvalue weighted by Gasteiger charge is 2.33. The average molecular weight is 248 g/mol. The minimum Gasteiger partial charge on any atom is -0.396 e. The van der Waals surface area contributed by atoms with Gasteiger partial charge in [0.25, 0.3) is 0 Å². The first-order chi connectivity index (χ1) is 8.74. The summed E-state index contributed by atoms with van der Waals surface area (Å²) in [5.41, 5.74) is 0.674. The van der Waals surface area contributed by atoms with Crippen molar-refractivity contribution in [2.24, 2.45) is 5.41 Å². The normalized spacial score (nSPS) is 17.4. The number of hydrogen-bond donors (Lipinski definition) is 3. The number of aliphatic hydroxyl groups excluding tert-OH is 1. The van der Waals surface area contributed by atoms with E-state index >= 15 is 0 Å². The maximum Gasteiger partial charge on any atom is 0.319 e. The summed E-state index contributed by atoms with van der Waals surface area (Å²) in [6.45, 7) is 0.695. The predicted octanol–water partition coefficient (Wildman–Crippen LogP) is 2.36. The third-order valence-electron chi connectivity index (χ3n) is 3.66. The van der Waals surface area contributed by atoms with E-state index in [1.165, 1.54) is 0 Å². The van der Waals surface area contributed by atoms with Crippen molar-refractivity contribution in [3.05, 3.63) is 30.3 Å². The predicted molar refractivity (Wildman–Crippen MR) is 71.5 cm³/mol. The summed E-state index contributed by atoms with van der Waals surface area (Å²) in [5.74, 6) is 0. The van der Waals surface area contributed by atoms with Crippen LogP contribution in [0.1, 0.15) is 25.7 Å². The van der Waals surface area contributed by atoms with Gasteiger partial charge in [-0.25, -0.2) is 4.79 Å². The summed E-state index contributed by atoms with van der Waals surface area (Å²) in [6, 6.07) is 9.14. The zero-order valence-electron chi connectivity index (χ0n) is 10.5. The van der Waals surface area contributed by atoms with Gasteiger partial charge in [0.05, 0.1) is 6.61 Å². The van der Waals surface area contributed by atoms with Crippen LogP contribution in [-0.4, -0.2) is 24.3 Å². The Labute approximate surface area is 107 Å². The fourth-order valence-corrected chi connectivity index (χ4v) is 2.48. The number of anilines is 1. The molecule has 1 saturated carbocycles. The molecule has 0 saturated heterocycles. The Balaban J connectivity index is 1.81. The van der Waals surface area contributed by atoms with Gasteiger partial charge in [0.2, 0.25) is 0 Å². The second-order valence-corrected chi connectivity index (χ2v) is 5.04. The van der Waals surface area contributed by atoms with E-state index in [0.29, 0.717) is 6.54 Å². The van der Waals surface area contributed by atoms with Crippen molar-refractivity contribution in [1.29, 1.82) is 0 Å². The van der Waals surface area contributed by atoms with Gasteiger partial charge in [0.1, 0.15) is 0 Å². The molecule has 1 aromatic carbocycles. The van der Waals surface area contributed by atoms with Gasteiger partial charge < -0.3 is 15.7 Å². The van der Waals surface area contributed by atoms with Crippen LogP contribution in [0, 0.1) is 5.41 Å². The quantitative estimate of drug-likeness (QED) is 0.766. The largest absolute Gasteiger partial charge is 0.396 e. The molecular weight excluding hydrogens is 228 g/mol. The number of benzene rings is 1. The van der Waals surface area contributed by atoms with Crippen molar-refractivity contribution in [2.75, 3.05) is 18.5 Å². The molecule has 0 radical (unpaired) electrons. The maximum absolute atomic E-state index is 11.7. The Bertz CT molecular complexity index is 386. The highest BCUT2D eigenvalue weighted by Crippen LogP contribution is 2.36. The van der Waals surface area contributed by atoms with E-state index in [0.717, 1.165) is 31.4 Å². The Hall–Kier alpha value is -1.55. The van der Waals surface area contributed by atoms with Gasteiger partial charge in [0.15, 0.2) is 0 Å². The number of amides is 2. The fraction of sp³-hybridized carbons (Fsp3) is 0.500. The van der Waals surface area contributed by atoms with Crippen LogP contribution in [-0.2, 0) is 0 Å². The lowest BCUT2D eigenvalue weighted by Gasteiger charge is -2.26. The first-order valence-corrected chi connectivity index (χ1v) is 6.45. The van der Waals surface area contributed by atoms with Gasteiger partial charge in [-0.3, -0.25) is 0 Å². The van der Waals surface area contributed by atoms with Crippen molar-refractivity contribution >= 4 is 11.7 Å². The van der Waals surface area contributed by atoms with E-state index in [1.807, 2.05) is 30.3 Å². The number of hydrogen-bond acceptors (Lipinski definition) is 2. The molecule has 4 heteroatoms. The first kappa shape index (κ1) is 12.9. The molecule has 0 bridgehead atoms. The standard InChI is InChI=1S/C14H20N2O2/c17-11-14(8-4-5-9-14)10-15-13(18)16-12-6-2-1-3-7-12/h1-3,6-7,17H,4-5,8-11H2,(H2,15,16,18). The SMILES string of the molecule is O=C(NCC1(CO)CCCC1)Nc1ccccc1. The molecule has 1 aromatic rings. The summed E-state index contributed by atoms with van der Waals surface area (Å²) in [6.07, 6.45) is 4.27. The third kappa shape index (κ3) is 3.23. The van der Waals surface area contributed by atoms with Gasteiger partial charge in [0, 0.05) is 17.6 Å². The molecule has 18 heavy (non-hydrogen) atoms. The van der Waals surface area contributed by atoms with E-state index < -0.39 is 0 Å². The van der Waals surface area contributed by atoms with Gasteiger partial charge in [-0.05, 0) is 25.0 Å². The van der Waals surface area contributed by atoms with Crippen molar-refractivity contribution in [3.63, 3.8) is 0 Å². The van der Waals surface area contributed by atoms with Crippen LogP contribution in [0.5, 0.6) is 0 Å². The van der Waals surface area contributed by atoms with Gasteiger partial charge >= 0.3 is 6.03 Å². The highest BCUT2D eigenvalue weighted by atomic mass is 16.3. The molecular formula is C14H20N2O2. The van der Waals surface area contributed by atoms with Crippen molar-refractivity contribution in [3.8, 4) is 0 Å². The van der Waals surface area contributed by atoms with Crippen LogP contribution in [0.2, 0.25) is 0 Å². The smallest absolute Gasteiger partial charge is 0.319 e. The van der Waals surface area contributed by atoms with Gasteiger partial charge in [-0.1, -0.05) is 31.0 Å². The number of carbonyl (C=O) groups excluding carboxylic acids is 1. The molecule has 0 unspecified atom stereocenters. The molecule has 3 N–H and O–H groups in total. The van der Waals surface area contributed by atoms with Crippen LogP contribution in [0.4, 0.5) is 10.5 Å². The zero-order valence-corrected chi connectivity index (χ0v) is 10.5. The van der Waals surface area contributed by atoms with Crippen LogP contribution in [0.3, 0.4) is 0 Å². The van der Waals surface area contributed by atoms with Crippen molar-refractivity contribution in [2.45, 2.75) is 25.7 Å². The molecule has 0 aromatic heterocycles. The summed E-state index contributed by atoms with van der Waals surface area (Å²) in [5, 5.41) is 15.1. The number of carbonyl (C=O) groups is 1. The van der Waals surface area contributed by atoms with Crippen molar-refractivity contribution < 1.29 is 9.90 Å². The molecule has 0 spiro atoms. The molecule has 4 nitrogen and oxygen atoms in total. The molecule has 1 aliphatic rings. The second kappa shape index (κ2) is 5.87. The first-order valence-electron chi connectivity index (χ1n) is 6.45. The second-order valence-electron chi connectivity index (χ2n) is 5.04. The summed E-state index contributed by atoms with van der Waals surface area (Å²) >= 11 is 0. The van der Waals surface area contributed by atoms with Crippen molar-refractivity contribution in [1.82, 2.24) is 5.32 Å². The number of urea groups is 1. The third-order valence-corrected chi connectivity index (χ3v) is 3.66. The minimum atomic E-state index is -0.207. The van der Waals surface area contributed by atoms with E-state index in [4.69, 9.17) is 0 Å². The molecule has 0 heterocycles. The summed E-state index contributed by atoms with van der Waals surface area (Å²) < 4.78 is 0. The minimum absolute atomic E-state index is 0.103. The molecule has 98 valence electrons. The molecule has 0 aliphatic heterocycles. The number of rotatable bonds is 4. The van der Waals surface area contributed by atoms with E-state index in [1.54, 1.807) is 0 Å². The fourth-order valence-electron chi connectivity index (χ4n) is 2.48. The number of aliphatic hydroxyl groups is 1. The topological polar surface area (TPSA) is 61.4 Å². The Morgan fingerprint density at radius 2 is 1.89 bits per heavy atom.